The number of hydrogen-bond acceptors (Lipinski definition) is 4. The Hall–Kier alpha value is -1.55. The quantitative estimate of drug-likeness (QED) is 0.503. The second-order valence-corrected chi connectivity index (χ2v) is 5.15. The highest BCUT2D eigenvalue weighted by Gasteiger charge is 2.10. The average molecular weight is 293 g/mol. The third kappa shape index (κ3) is 8.35. The molecule has 0 aromatic heterocycles. The maximum absolute atomic E-state index is 11.7. The molecule has 0 amide bonds. The van der Waals surface area contributed by atoms with Gasteiger partial charge in [-0.2, -0.15) is 0 Å². The van der Waals surface area contributed by atoms with Gasteiger partial charge >= 0.3 is 5.97 Å². The summed E-state index contributed by atoms with van der Waals surface area (Å²) in [4.78, 5) is 11.7. The van der Waals surface area contributed by atoms with Gasteiger partial charge < -0.3 is 15.2 Å². The lowest BCUT2D eigenvalue weighted by molar-refractivity contribution is -0.144. The van der Waals surface area contributed by atoms with Crippen LogP contribution < -0.4 is 10.5 Å². The third-order valence-electron chi connectivity index (χ3n) is 3.39. The number of carbonyl (C=O) groups is 1. The first-order valence-corrected chi connectivity index (χ1v) is 7.79. The molecule has 0 radical (unpaired) electrons. The lowest BCUT2D eigenvalue weighted by atomic mass is 9.95. The maximum atomic E-state index is 11.7. The summed E-state index contributed by atoms with van der Waals surface area (Å²) in [5.74, 6) is 1.18. The maximum Gasteiger partial charge on any atom is 0.305 e. The summed E-state index contributed by atoms with van der Waals surface area (Å²) in [6.45, 7) is 3.52. The van der Waals surface area contributed by atoms with Crippen LogP contribution in [-0.2, 0) is 9.53 Å². The minimum absolute atomic E-state index is 0.148. The first kappa shape index (κ1) is 17.5. The number of ether oxygens (including phenoxy) is 2. The van der Waals surface area contributed by atoms with E-state index < -0.39 is 0 Å². The fourth-order valence-electron chi connectivity index (χ4n) is 2.30. The summed E-state index contributed by atoms with van der Waals surface area (Å²) >= 11 is 0. The van der Waals surface area contributed by atoms with Crippen LogP contribution in [0.15, 0.2) is 30.3 Å². The topological polar surface area (TPSA) is 61.6 Å². The van der Waals surface area contributed by atoms with Gasteiger partial charge in [0.1, 0.15) is 19.0 Å². The first-order chi connectivity index (χ1) is 10.3. The summed E-state index contributed by atoms with van der Waals surface area (Å²) in [6, 6.07) is 9.51. The van der Waals surface area contributed by atoms with Gasteiger partial charge in [-0.1, -0.05) is 38.0 Å². The highest BCUT2D eigenvalue weighted by molar-refractivity contribution is 5.69. The van der Waals surface area contributed by atoms with Crippen molar-refractivity contribution >= 4 is 5.97 Å². The zero-order chi connectivity index (χ0) is 15.3. The van der Waals surface area contributed by atoms with Crippen molar-refractivity contribution in [2.24, 2.45) is 11.7 Å². The van der Waals surface area contributed by atoms with Crippen molar-refractivity contribution in [3.63, 3.8) is 0 Å². The Labute approximate surface area is 127 Å². The van der Waals surface area contributed by atoms with E-state index in [4.69, 9.17) is 15.2 Å². The zero-order valence-corrected chi connectivity index (χ0v) is 12.9. The van der Waals surface area contributed by atoms with Crippen molar-refractivity contribution in [3.05, 3.63) is 30.3 Å². The molecule has 0 aliphatic rings. The van der Waals surface area contributed by atoms with Gasteiger partial charge in [0.2, 0.25) is 0 Å². The van der Waals surface area contributed by atoms with Gasteiger partial charge in [-0.25, -0.2) is 0 Å². The molecule has 0 bridgehead atoms. The number of carbonyl (C=O) groups excluding carboxylic acids is 1. The predicted octanol–water partition coefficient (Wildman–Crippen LogP) is 3.15. The number of para-hydroxylation sites is 1. The molecule has 1 atom stereocenters. The number of rotatable bonds is 11. The van der Waals surface area contributed by atoms with Crippen molar-refractivity contribution in [2.45, 2.75) is 39.0 Å². The van der Waals surface area contributed by atoms with Gasteiger partial charge in [0.25, 0.3) is 0 Å². The Balaban J connectivity index is 2.10. The molecule has 4 heteroatoms. The van der Waals surface area contributed by atoms with Crippen LogP contribution in [0.3, 0.4) is 0 Å². The molecule has 1 rings (SSSR count). The van der Waals surface area contributed by atoms with Crippen molar-refractivity contribution in [3.8, 4) is 5.75 Å². The molecule has 2 N–H and O–H groups in total. The predicted molar refractivity (Wildman–Crippen MR) is 84.2 cm³/mol. The van der Waals surface area contributed by atoms with Gasteiger partial charge in [0.05, 0.1) is 0 Å². The molecule has 0 aliphatic carbocycles. The number of esters is 1. The monoisotopic (exact) mass is 293 g/mol. The SMILES string of the molecule is CCCC(CCN)CCC(=O)OCCOc1ccccc1. The highest BCUT2D eigenvalue weighted by Crippen LogP contribution is 2.17. The van der Waals surface area contributed by atoms with E-state index in [1.165, 1.54) is 0 Å². The molecule has 0 heterocycles. The summed E-state index contributed by atoms with van der Waals surface area (Å²) in [5.41, 5.74) is 5.59. The minimum atomic E-state index is -0.148. The largest absolute Gasteiger partial charge is 0.490 e. The van der Waals surface area contributed by atoms with E-state index in [1.54, 1.807) is 0 Å². The van der Waals surface area contributed by atoms with Crippen LogP contribution >= 0.6 is 0 Å². The van der Waals surface area contributed by atoms with E-state index in [2.05, 4.69) is 6.92 Å². The second kappa shape index (κ2) is 11.1. The zero-order valence-electron chi connectivity index (χ0n) is 12.9. The van der Waals surface area contributed by atoms with Gasteiger partial charge in [-0.3, -0.25) is 4.79 Å². The number of benzene rings is 1. The van der Waals surface area contributed by atoms with E-state index in [-0.39, 0.29) is 5.97 Å². The van der Waals surface area contributed by atoms with Crippen LogP contribution in [-0.4, -0.2) is 25.7 Å². The number of hydrogen-bond donors (Lipinski definition) is 1. The Morgan fingerprint density at radius 1 is 1.14 bits per heavy atom. The molecular weight excluding hydrogens is 266 g/mol. The highest BCUT2D eigenvalue weighted by atomic mass is 16.6. The van der Waals surface area contributed by atoms with Crippen molar-refractivity contribution < 1.29 is 14.3 Å². The molecule has 0 fully saturated rings. The van der Waals surface area contributed by atoms with Gasteiger partial charge in [-0.05, 0) is 37.4 Å². The van der Waals surface area contributed by atoms with Gasteiger partial charge in [0.15, 0.2) is 0 Å². The Morgan fingerprint density at radius 3 is 2.57 bits per heavy atom. The average Bonchev–Trinajstić information content (AvgIpc) is 2.51. The second-order valence-electron chi connectivity index (χ2n) is 5.15. The molecule has 118 valence electrons. The molecule has 0 saturated carbocycles. The van der Waals surface area contributed by atoms with Crippen molar-refractivity contribution in [1.82, 2.24) is 0 Å². The molecule has 21 heavy (non-hydrogen) atoms. The van der Waals surface area contributed by atoms with Crippen LogP contribution in [0.25, 0.3) is 0 Å². The molecule has 0 spiro atoms. The van der Waals surface area contributed by atoms with Crippen LogP contribution in [0.2, 0.25) is 0 Å². The standard InChI is InChI=1S/C17H27NO3/c1-2-6-15(11-12-18)9-10-17(19)21-14-13-20-16-7-4-3-5-8-16/h3-5,7-8,15H,2,6,9-14,18H2,1H3. The number of nitrogens with two attached hydrogens (primary N) is 1. The molecule has 1 unspecified atom stereocenters. The van der Waals surface area contributed by atoms with E-state index in [9.17, 15) is 4.79 Å². The first-order valence-electron chi connectivity index (χ1n) is 7.79. The minimum Gasteiger partial charge on any atom is -0.490 e. The van der Waals surface area contributed by atoms with Gasteiger partial charge in [-0.15, -0.1) is 0 Å². The molecule has 0 aliphatic heterocycles. The van der Waals surface area contributed by atoms with Crippen LogP contribution in [0.5, 0.6) is 5.75 Å². The third-order valence-corrected chi connectivity index (χ3v) is 3.39. The van der Waals surface area contributed by atoms with Crippen molar-refractivity contribution in [1.29, 1.82) is 0 Å². The summed E-state index contributed by atoms with van der Waals surface area (Å²) in [5, 5.41) is 0. The fraction of sp³-hybridized carbons (Fsp3) is 0.588. The van der Waals surface area contributed by atoms with E-state index in [0.717, 1.165) is 31.4 Å². The smallest absolute Gasteiger partial charge is 0.305 e. The molecule has 1 aromatic rings. The summed E-state index contributed by atoms with van der Waals surface area (Å²) < 4.78 is 10.6. The summed E-state index contributed by atoms with van der Waals surface area (Å²) in [7, 11) is 0. The lowest BCUT2D eigenvalue weighted by Crippen LogP contribution is -2.14. The molecular formula is C17H27NO3. The van der Waals surface area contributed by atoms with Crippen LogP contribution in [0.4, 0.5) is 0 Å². The Kier molecular flexibility index (Phi) is 9.29. The van der Waals surface area contributed by atoms with Crippen LogP contribution in [0, 0.1) is 5.92 Å². The van der Waals surface area contributed by atoms with Crippen molar-refractivity contribution in [2.75, 3.05) is 19.8 Å². The van der Waals surface area contributed by atoms with Crippen LogP contribution in [0.1, 0.15) is 39.0 Å². The Bertz CT molecular complexity index is 375. The fourth-order valence-corrected chi connectivity index (χ4v) is 2.30. The van der Waals surface area contributed by atoms with E-state index in [1.807, 2.05) is 30.3 Å². The lowest BCUT2D eigenvalue weighted by Gasteiger charge is -2.14. The molecule has 1 aromatic carbocycles. The molecule has 4 nitrogen and oxygen atoms in total. The summed E-state index contributed by atoms with van der Waals surface area (Å²) in [6.07, 6.45) is 4.57. The molecule has 0 saturated heterocycles. The van der Waals surface area contributed by atoms with E-state index >= 15 is 0 Å². The normalized spacial score (nSPS) is 11.9. The van der Waals surface area contributed by atoms with Gasteiger partial charge in [0, 0.05) is 6.42 Å². The Morgan fingerprint density at radius 2 is 1.90 bits per heavy atom. The van der Waals surface area contributed by atoms with E-state index in [0.29, 0.717) is 32.1 Å².